The van der Waals surface area contributed by atoms with E-state index in [-0.39, 0.29) is 12.5 Å². The van der Waals surface area contributed by atoms with Gasteiger partial charge in [0.25, 0.3) is 0 Å². The summed E-state index contributed by atoms with van der Waals surface area (Å²) in [6, 6.07) is 17.2. The lowest BCUT2D eigenvalue weighted by Gasteiger charge is -2.15. The molecular formula is C19H24N2O2. The molecule has 0 radical (unpaired) electrons. The van der Waals surface area contributed by atoms with Crippen LogP contribution in [0.5, 0.6) is 0 Å². The molecule has 2 N–H and O–H groups in total. The number of amides is 1. The summed E-state index contributed by atoms with van der Waals surface area (Å²) in [6.07, 6.45) is 0.977. The fourth-order valence-electron chi connectivity index (χ4n) is 2.36. The summed E-state index contributed by atoms with van der Waals surface area (Å²) in [5, 5.41) is 12.4. The summed E-state index contributed by atoms with van der Waals surface area (Å²) >= 11 is 0. The first-order chi connectivity index (χ1) is 11.1. The lowest BCUT2D eigenvalue weighted by molar-refractivity contribution is -0.118. The largest absolute Gasteiger partial charge is 0.395 e. The highest BCUT2D eigenvalue weighted by molar-refractivity contribution is 5.95. The van der Waals surface area contributed by atoms with Crippen LogP contribution in [0.3, 0.4) is 0 Å². The number of hydrogen-bond acceptors (Lipinski definition) is 3. The average Bonchev–Trinajstić information content (AvgIpc) is 2.56. The Morgan fingerprint density at radius 1 is 1.09 bits per heavy atom. The van der Waals surface area contributed by atoms with Crippen molar-refractivity contribution < 1.29 is 9.90 Å². The SMILES string of the molecule is CN(C)CCc1ccc(NC(=O)C(CO)c2ccccc2)cc1. The van der Waals surface area contributed by atoms with Gasteiger partial charge in [0.05, 0.1) is 12.5 Å². The normalized spacial score (nSPS) is 12.2. The van der Waals surface area contributed by atoms with Crippen LogP contribution in [0, 0.1) is 0 Å². The first kappa shape index (κ1) is 17.2. The molecular weight excluding hydrogens is 288 g/mol. The van der Waals surface area contributed by atoms with Crippen LogP contribution >= 0.6 is 0 Å². The summed E-state index contributed by atoms with van der Waals surface area (Å²) in [5.74, 6) is -0.746. The summed E-state index contributed by atoms with van der Waals surface area (Å²) in [5.41, 5.74) is 2.80. The second kappa shape index (κ2) is 8.46. The minimum atomic E-state index is -0.551. The van der Waals surface area contributed by atoms with Crippen LogP contribution in [-0.4, -0.2) is 43.2 Å². The molecule has 2 aromatic rings. The molecule has 0 aliphatic carbocycles. The fourth-order valence-corrected chi connectivity index (χ4v) is 2.36. The van der Waals surface area contributed by atoms with Crippen molar-refractivity contribution in [2.24, 2.45) is 0 Å². The third kappa shape index (κ3) is 5.20. The van der Waals surface area contributed by atoms with Gasteiger partial charge < -0.3 is 15.3 Å². The summed E-state index contributed by atoms with van der Waals surface area (Å²) in [7, 11) is 4.10. The molecule has 1 unspecified atom stereocenters. The molecule has 0 heterocycles. The van der Waals surface area contributed by atoms with Gasteiger partial charge in [-0.05, 0) is 43.8 Å². The van der Waals surface area contributed by atoms with Crippen molar-refractivity contribution in [1.82, 2.24) is 4.90 Å². The van der Waals surface area contributed by atoms with E-state index in [2.05, 4.69) is 10.2 Å². The molecule has 4 nitrogen and oxygen atoms in total. The maximum Gasteiger partial charge on any atom is 0.234 e. The zero-order valence-corrected chi connectivity index (χ0v) is 13.7. The van der Waals surface area contributed by atoms with Gasteiger partial charge in [-0.25, -0.2) is 0 Å². The Bertz CT molecular complexity index is 609. The average molecular weight is 312 g/mol. The maximum atomic E-state index is 12.4. The van der Waals surface area contributed by atoms with Crippen LogP contribution in [0.2, 0.25) is 0 Å². The Morgan fingerprint density at radius 2 is 1.74 bits per heavy atom. The number of nitrogens with zero attached hydrogens (tertiary/aromatic N) is 1. The number of hydrogen-bond donors (Lipinski definition) is 2. The number of carbonyl (C=O) groups is 1. The summed E-state index contributed by atoms with van der Waals surface area (Å²) in [4.78, 5) is 14.5. The van der Waals surface area contributed by atoms with E-state index in [9.17, 15) is 9.90 Å². The van der Waals surface area contributed by atoms with Crippen LogP contribution in [0.25, 0.3) is 0 Å². The Balaban J connectivity index is 1.99. The van der Waals surface area contributed by atoms with Crippen LogP contribution < -0.4 is 5.32 Å². The second-order valence-electron chi connectivity index (χ2n) is 5.89. The Morgan fingerprint density at radius 3 is 2.30 bits per heavy atom. The molecule has 0 spiro atoms. The molecule has 0 aliphatic heterocycles. The second-order valence-corrected chi connectivity index (χ2v) is 5.89. The molecule has 2 aromatic carbocycles. The van der Waals surface area contributed by atoms with Crippen LogP contribution in [0.15, 0.2) is 54.6 Å². The van der Waals surface area contributed by atoms with Crippen molar-refractivity contribution in [3.8, 4) is 0 Å². The van der Waals surface area contributed by atoms with E-state index < -0.39 is 5.92 Å². The number of benzene rings is 2. The Hall–Kier alpha value is -2.17. The number of nitrogens with one attached hydrogen (secondary N) is 1. The van der Waals surface area contributed by atoms with E-state index in [0.717, 1.165) is 24.2 Å². The number of likely N-dealkylation sites (N-methyl/N-ethyl adjacent to an activating group) is 1. The molecule has 2 rings (SSSR count). The van der Waals surface area contributed by atoms with E-state index in [1.165, 1.54) is 5.56 Å². The van der Waals surface area contributed by atoms with Gasteiger partial charge in [0, 0.05) is 12.2 Å². The molecule has 122 valence electrons. The molecule has 0 fully saturated rings. The Kier molecular flexibility index (Phi) is 6.32. The van der Waals surface area contributed by atoms with E-state index in [1.54, 1.807) is 0 Å². The van der Waals surface area contributed by atoms with Crippen molar-refractivity contribution >= 4 is 11.6 Å². The minimum absolute atomic E-state index is 0.195. The molecule has 4 heteroatoms. The third-order valence-electron chi connectivity index (χ3n) is 3.77. The number of carbonyl (C=O) groups excluding carboxylic acids is 1. The van der Waals surface area contributed by atoms with Gasteiger partial charge in [-0.2, -0.15) is 0 Å². The molecule has 23 heavy (non-hydrogen) atoms. The van der Waals surface area contributed by atoms with Gasteiger partial charge in [0.15, 0.2) is 0 Å². The van der Waals surface area contributed by atoms with Gasteiger partial charge in [0.2, 0.25) is 5.91 Å². The lowest BCUT2D eigenvalue weighted by atomic mass is 9.99. The monoisotopic (exact) mass is 312 g/mol. The van der Waals surface area contributed by atoms with E-state index in [1.807, 2.05) is 68.7 Å². The van der Waals surface area contributed by atoms with E-state index in [4.69, 9.17) is 0 Å². The van der Waals surface area contributed by atoms with Crippen molar-refractivity contribution in [2.45, 2.75) is 12.3 Å². The molecule has 1 amide bonds. The Labute approximate surface area is 137 Å². The molecule has 0 aromatic heterocycles. The van der Waals surface area contributed by atoms with E-state index in [0.29, 0.717) is 0 Å². The number of rotatable bonds is 7. The number of aliphatic hydroxyl groups excluding tert-OH is 1. The smallest absolute Gasteiger partial charge is 0.234 e. The fraction of sp³-hybridized carbons (Fsp3) is 0.316. The zero-order chi connectivity index (χ0) is 16.7. The lowest BCUT2D eigenvalue weighted by Crippen LogP contribution is -2.23. The van der Waals surface area contributed by atoms with Gasteiger partial charge in [-0.3, -0.25) is 4.79 Å². The van der Waals surface area contributed by atoms with Crippen LogP contribution in [0.4, 0.5) is 5.69 Å². The van der Waals surface area contributed by atoms with Gasteiger partial charge >= 0.3 is 0 Å². The van der Waals surface area contributed by atoms with Crippen molar-refractivity contribution in [1.29, 1.82) is 0 Å². The number of aliphatic hydroxyl groups is 1. The molecule has 0 saturated carbocycles. The first-order valence-corrected chi connectivity index (χ1v) is 7.80. The molecule has 0 bridgehead atoms. The van der Waals surface area contributed by atoms with Crippen molar-refractivity contribution in [2.75, 3.05) is 32.6 Å². The first-order valence-electron chi connectivity index (χ1n) is 7.80. The van der Waals surface area contributed by atoms with Crippen molar-refractivity contribution in [3.63, 3.8) is 0 Å². The molecule has 1 atom stereocenters. The van der Waals surface area contributed by atoms with Gasteiger partial charge in [0.1, 0.15) is 0 Å². The maximum absolute atomic E-state index is 12.4. The quantitative estimate of drug-likeness (QED) is 0.826. The van der Waals surface area contributed by atoms with Gasteiger partial charge in [-0.15, -0.1) is 0 Å². The predicted molar refractivity (Wildman–Crippen MR) is 93.6 cm³/mol. The highest BCUT2D eigenvalue weighted by atomic mass is 16.3. The summed E-state index contributed by atoms with van der Waals surface area (Å²) < 4.78 is 0. The standard InChI is InChI=1S/C19H24N2O2/c1-21(2)13-12-15-8-10-17(11-9-15)20-19(23)18(14-22)16-6-4-3-5-7-16/h3-11,18,22H,12-14H2,1-2H3,(H,20,23). The van der Waals surface area contributed by atoms with Crippen LogP contribution in [-0.2, 0) is 11.2 Å². The highest BCUT2D eigenvalue weighted by Gasteiger charge is 2.19. The van der Waals surface area contributed by atoms with Crippen LogP contribution in [0.1, 0.15) is 17.0 Å². The molecule has 0 aliphatic rings. The topological polar surface area (TPSA) is 52.6 Å². The number of anilines is 1. The minimum Gasteiger partial charge on any atom is -0.395 e. The highest BCUT2D eigenvalue weighted by Crippen LogP contribution is 2.18. The summed E-state index contributed by atoms with van der Waals surface area (Å²) in [6.45, 7) is 0.781. The third-order valence-corrected chi connectivity index (χ3v) is 3.77. The van der Waals surface area contributed by atoms with E-state index >= 15 is 0 Å². The van der Waals surface area contributed by atoms with Gasteiger partial charge in [-0.1, -0.05) is 42.5 Å². The zero-order valence-electron chi connectivity index (χ0n) is 13.7. The predicted octanol–water partition coefficient (Wildman–Crippen LogP) is 2.51. The van der Waals surface area contributed by atoms with Crippen molar-refractivity contribution in [3.05, 3.63) is 65.7 Å². The molecule has 0 saturated heterocycles.